The van der Waals surface area contributed by atoms with E-state index in [0.29, 0.717) is 28.5 Å². The molecule has 2 aromatic rings. The van der Waals surface area contributed by atoms with Gasteiger partial charge in [0.05, 0.1) is 19.8 Å². The van der Waals surface area contributed by atoms with E-state index in [0.717, 1.165) is 5.56 Å². The smallest absolute Gasteiger partial charge is 0.338 e. The Kier molecular flexibility index (Phi) is 7.57. The number of carbonyl (C=O) groups is 2. The van der Waals surface area contributed by atoms with Crippen LogP contribution in [-0.4, -0.2) is 42.7 Å². The lowest BCUT2D eigenvalue weighted by Gasteiger charge is -2.15. The zero-order valence-electron chi connectivity index (χ0n) is 16.2. The van der Waals surface area contributed by atoms with Crippen LogP contribution < -0.4 is 14.8 Å². The number of methoxy groups -OCH3 is 2. The van der Waals surface area contributed by atoms with E-state index in [-0.39, 0.29) is 0 Å². The zero-order valence-corrected chi connectivity index (χ0v) is 17.0. The van der Waals surface area contributed by atoms with Crippen LogP contribution in [0.5, 0.6) is 11.5 Å². The SMILES string of the molecule is COc1cc(NC(=O)[C@H](C)OC(=O)c2cccc(C[S@@](C)=O)c2)cc(OC)c1. The lowest BCUT2D eigenvalue weighted by atomic mass is 10.1. The second kappa shape index (κ2) is 9.89. The van der Waals surface area contributed by atoms with E-state index >= 15 is 0 Å². The van der Waals surface area contributed by atoms with Gasteiger partial charge in [-0.1, -0.05) is 12.1 Å². The Bertz CT molecular complexity index is 860. The van der Waals surface area contributed by atoms with Crippen molar-refractivity contribution in [3.8, 4) is 11.5 Å². The van der Waals surface area contributed by atoms with Crippen LogP contribution in [0.25, 0.3) is 0 Å². The molecule has 2 atom stereocenters. The first kappa shape index (κ1) is 21.4. The molecule has 0 aliphatic heterocycles. The van der Waals surface area contributed by atoms with Gasteiger partial charge in [-0.3, -0.25) is 9.00 Å². The maximum atomic E-state index is 12.4. The summed E-state index contributed by atoms with van der Waals surface area (Å²) in [6.07, 6.45) is 0.569. The Labute approximate surface area is 166 Å². The highest BCUT2D eigenvalue weighted by atomic mass is 32.2. The van der Waals surface area contributed by atoms with Crippen LogP contribution in [0.3, 0.4) is 0 Å². The molecule has 0 bridgehead atoms. The van der Waals surface area contributed by atoms with Crippen LogP contribution in [-0.2, 0) is 26.1 Å². The van der Waals surface area contributed by atoms with Gasteiger partial charge in [-0.25, -0.2) is 4.79 Å². The molecule has 0 spiro atoms. The molecular weight excluding hydrogens is 382 g/mol. The molecule has 0 aromatic heterocycles. The van der Waals surface area contributed by atoms with Crippen molar-refractivity contribution in [1.82, 2.24) is 0 Å². The highest BCUT2D eigenvalue weighted by Crippen LogP contribution is 2.26. The molecule has 7 nitrogen and oxygen atoms in total. The van der Waals surface area contributed by atoms with Crippen molar-refractivity contribution in [1.29, 1.82) is 0 Å². The van der Waals surface area contributed by atoms with Crippen molar-refractivity contribution in [3.05, 3.63) is 53.6 Å². The minimum atomic E-state index is -1.02. The van der Waals surface area contributed by atoms with Crippen molar-refractivity contribution >= 4 is 28.4 Å². The summed E-state index contributed by atoms with van der Waals surface area (Å²) in [5.41, 5.74) is 1.51. The topological polar surface area (TPSA) is 90.9 Å². The first-order valence-electron chi connectivity index (χ1n) is 8.46. The van der Waals surface area contributed by atoms with Gasteiger partial charge in [0.2, 0.25) is 0 Å². The maximum absolute atomic E-state index is 12.4. The molecule has 0 unspecified atom stereocenters. The van der Waals surface area contributed by atoms with E-state index in [1.54, 1.807) is 48.7 Å². The molecule has 28 heavy (non-hydrogen) atoms. The molecule has 2 rings (SSSR count). The number of hydrogen-bond acceptors (Lipinski definition) is 6. The monoisotopic (exact) mass is 405 g/mol. The number of ether oxygens (including phenoxy) is 3. The van der Waals surface area contributed by atoms with E-state index in [1.165, 1.54) is 21.1 Å². The van der Waals surface area contributed by atoms with Gasteiger partial charge in [0.1, 0.15) is 11.5 Å². The van der Waals surface area contributed by atoms with Crippen molar-refractivity contribution in [2.24, 2.45) is 0 Å². The lowest BCUT2D eigenvalue weighted by Crippen LogP contribution is -2.30. The molecule has 8 heteroatoms. The van der Waals surface area contributed by atoms with Crippen molar-refractivity contribution in [2.45, 2.75) is 18.8 Å². The summed E-state index contributed by atoms with van der Waals surface area (Å²) >= 11 is 0. The number of benzene rings is 2. The average Bonchev–Trinajstić information content (AvgIpc) is 2.67. The van der Waals surface area contributed by atoms with E-state index < -0.39 is 28.8 Å². The first-order valence-corrected chi connectivity index (χ1v) is 10.2. The zero-order chi connectivity index (χ0) is 20.7. The first-order chi connectivity index (χ1) is 13.3. The normalized spacial score (nSPS) is 12.6. The number of esters is 1. The Morgan fingerprint density at radius 2 is 1.71 bits per heavy atom. The van der Waals surface area contributed by atoms with Gasteiger partial charge in [-0.2, -0.15) is 0 Å². The number of carbonyl (C=O) groups excluding carboxylic acids is 2. The standard InChI is InChI=1S/C20H23NO6S/c1-13(19(22)21-16-9-17(25-2)11-18(10-16)26-3)27-20(23)15-7-5-6-14(8-15)12-28(4)24/h5-11,13H,12H2,1-4H3,(H,21,22)/t13-,28+/m0/s1. The Morgan fingerprint density at radius 3 is 2.29 bits per heavy atom. The molecule has 2 aromatic carbocycles. The van der Waals surface area contributed by atoms with Crippen molar-refractivity contribution < 1.29 is 28.0 Å². The minimum Gasteiger partial charge on any atom is -0.497 e. The second-order valence-electron chi connectivity index (χ2n) is 6.06. The molecule has 0 saturated carbocycles. The van der Waals surface area contributed by atoms with Crippen LogP contribution in [0.4, 0.5) is 5.69 Å². The Hall–Kier alpha value is -2.87. The van der Waals surface area contributed by atoms with Gasteiger partial charge in [0.15, 0.2) is 6.10 Å². The third-order valence-corrected chi connectivity index (χ3v) is 4.54. The van der Waals surface area contributed by atoms with E-state index in [9.17, 15) is 13.8 Å². The highest BCUT2D eigenvalue weighted by Gasteiger charge is 2.20. The van der Waals surface area contributed by atoms with Crippen LogP contribution in [0, 0.1) is 0 Å². The van der Waals surface area contributed by atoms with E-state index in [4.69, 9.17) is 14.2 Å². The van der Waals surface area contributed by atoms with Gasteiger partial charge in [-0.05, 0) is 24.6 Å². The summed E-state index contributed by atoms with van der Waals surface area (Å²) in [5.74, 6) is 0.257. The molecular formula is C20H23NO6S. The second-order valence-corrected chi connectivity index (χ2v) is 7.49. The Morgan fingerprint density at radius 1 is 1.07 bits per heavy atom. The summed E-state index contributed by atoms with van der Waals surface area (Å²) in [5, 5.41) is 2.67. The molecule has 150 valence electrons. The van der Waals surface area contributed by atoms with Gasteiger partial charge >= 0.3 is 5.97 Å². The van der Waals surface area contributed by atoms with E-state index in [1.807, 2.05) is 0 Å². The Balaban J connectivity index is 2.04. The fourth-order valence-electron chi connectivity index (χ4n) is 2.43. The third kappa shape index (κ3) is 6.09. The molecule has 1 amide bonds. The largest absolute Gasteiger partial charge is 0.497 e. The predicted molar refractivity (Wildman–Crippen MR) is 107 cm³/mol. The van der Waals surface area contributed by atoms with E-state index in [2.05, 4.69) is 5.32 Å². The molecule has 0 aliphatic carbocycles. The molecule has 1 N–H and O–H groups in total. The van der Waals surface area contributed by atoms with Crippen LogP contribution in [0.15, 0.2) is 42.5 Å². The van der Waals surface area contributed by atoms with Crippen molar-refractivity contribution in [2.75, 3.05) is 25.8 Å². The summed E-state index contributed by atoms with van der Waals surface area (Å²) in [7, 11) is 1.99. The number of amides is 1. The lowest BCUT2D eigenvalue weighted by molar-refractivity contribution is -0.123. The molecule has 0 radical (unpaired) electrons. The third-order valence-electron chi connectivity index (χ3n) is 3.80. The minimum absolute atomic E-state index is 0.297. The quantitative estimate of drug-likeness (QED) is 0.679. The van der Waals surface area contributed by atoms with Crippen LogP contribution in [0.1, 0.15) is 22.8 Å². The fraction of sp³-hybridized carbons (Fsp3) is 0.300. The van der Waals surface area contributed by atoms with Crippen LogP contribution in [0.2, 0.25) is 0 Å². The van der Waals surface area contributed by atoms with Gasteiger partial charge in [0.25, 0.3) is 5.91 Å². The predicted octanol–water partition coefficient (Wildman–Crippen LogP) is 2.77. The summed E-state index contributed by atoms with van der Waals surface area (Å²) in [6.45, 7) is 1.48. The van der Waals surface area contributed by atoms with Crippen LogP contribution >= 0.6 is 0 Å². The molecule has 0 aliphatic rings. The number of nitrogens with one attached hydrogen (secondary N) is 1. The van der Waals surface area contributed by atoms with Gasteiger partial charge < -0.3 is 19.5 Å². The van der Waals surface area contributed by atoms with Gasteiger partial charge in [0, 0.05) is 46.7 Å². The molecule has 0 heterocycles. The average molecular weight is 405 g/mol. The molecule has 0 saturated heterocycles. The summed E-state index contributed by atoms with van der Waals surface area (Å²) < 4.78 is 26.9. The fourth-order valence-corrected chi connectivity index (χ4v) is 3.08. The summed E-state index contributed by atoms with van der Waals surface area (Å²) in [4.78, 5) is 24.7. The van der Waals surface area contributed by atoms with Gasteiger partial charge in [-0.15, -0.1) is 0 Å². The van der Waals surface area contributed by atoms with Crippen molar-refractivity contribution in [3.63, 3.8) is 0 Å². The summed E-state index contributed by atoms with van der Waals surface area (Å²) in [6, 6.07) is 11.6. The molecule has 0 fully saturated rings. The highest BCUT2D eigenvalue weighted by molar-refractivity contribution is 7.83. The number of rotatable bonds is 8. The maximum Gasteiger partial charge on any atom is 0.338 e. The number of hydrogen-bond donors (Lipinski definition) is 1. The number of anilines is 1.